The van der Waals surface area contributed by atoms with Gasteiger partial charge in [-0.3, -0.25) is 14.3 Å². The molecule has 8 heteroatoms. The lowest BCUT2D eigenvalue weighted by molar-refractivity contribution is -0.135. The van der Waals surface area contributed by atoms with Crippen molar-refractivity contribution in [3.63, 3.8) is 0 Å². The molecule has 1 aromatic carbocycles. The fourth-order valence-electron chi connectivity index (χ4n) is 3.46. The molecular formula is C20H22N6O2. The number of amides is 2. The molecule has 2 aromatic heterocycles. The minimum absolute atomic E-state index is 0.0313. The minimum atomic E-state index is -0.321. The van der Waals surface area contributed by atoms with Crippen molar-refractivity contribution in [3.8, 4) is 0 Å². The summed E-state index contributed by atoms with van der Waals surface area (Å²) in [5.74, 6) is 0.583. The number of fused-ring (bicyclic) bond motifs is 1. The van der Waals surface area contributed by atoms with Crippen molar-refractivity contribution in [1.29, 1.82) is 0 Å². The van der Waals surface area contributed by atoms with Gasteiger partial charge in [-0.05, 0) is 32.0 Å². The maximum absolute atomic E-state index is 12.9. The van der Waals surface area contributed by atoms with Crippen LogP contribution in [0.4, 0.5) is 5.69 Å². The van der Waals surface area contributed by atoms with E-state index in [4.69, 9.17) is 0 Å². The van der Waals surface area contributed by atoms with Crippen molar-refractivity contribution in [2.45, 2.75) is 33.0 Å². The summed E-state index contributed by atoms with van der Waals surface area (Å²) in [7, 11) is 0. The van der Waals surface area contributed by atoms with Crippen molar-refractivity contribution < 1.29 is 9.59 Å². The molecule has 1 aliphatic heterocycles. The van der Waals surface area contributed by atoms with Crippen LogP contribution in [0.25, 0.3) is 0 Å². The van der Waals surface area contributed by atoms with Crippen LogP contribution in [0.3, 0.4) is 0 Å². The zero-order chi connectivity index (χ0) is 19.7. The van der Waals surface area contributed by atoms with Gasteiger partial charge in [0.2, 0.25) is 5.91 Å². The molecule has 0 saturated carbocycles. The SMILES string of the molecule is Cc1nccn1[C@@H](C)C(=O)N1CCn2nc(C(=O)Nc3ccccc3)cc2C1. The number of benzene rings is 1. The zero-order valence-corrected chi connectivity index (χ0v) is 15.9. The largest absolute Gasteiger partial charge is 0.333 e. The first-order chi connectivity index (χ1) is 13.5. The van der Waals surface area contributed by atoms with E-state index in [9.17, 15) is 9.59 Å². The van der Waals surface area contributed by atoms with E-state index in [-0.39, 0.29) is 17.9 Å². The van der Waals surface area contributed by atoms with E-state index in [0.29, 0.717) is 25.3 Å². The van der Waals surface area contributed by atoms with E-state index in [1.165, 1.54) is 0 Å². The molecular weight excluding hydrogens is 356 g/mol. The predicted molar refractivity (Wildman–Crippen MR) is 104 cm³/mol. The molecule has 0 spiro atoms. The van der Waals surface area contributed by atoms with Crippen LogP contribution in [0.15, 0.2) is 48.8 Å². The van der Waals surface area contributed by atoms with Gasteiger partial charge in [-0.2, -0.15) is 5.10 Å². The lowest BCUT2D eigenvalue weighted by Gasteiger charge is -2.30. The highest BCUT2D eigenvalue weighted by molar-refractivity contribution is 6.02. The molecule has 0 aliphatic carbocycles. The predicted octanol–water partition coefficient (Wildman–Crippen LogP) is 2.24. The number of anilines is 1. The monoisotopic (exact) mass is 378 g/mol. The van der Waals surface area contributed by atoms with Crippen molar-refractivity contribution in [2.75, 3.05) is 11.9 Å². The molecule has 8 nitrogen and oxygen atoms in total. The van der Waals surface area contributed by atoms with E-state index in [0.717, 1.165) is 17.2 Å². The molecule has 3 aromatic rings. The van der Waals surface area contributed by atoms with Gasteiger partial charge in [-0.25, -0.2) is 4.98 Å². The summed E-state index contributed by atoms with van der Waals surface area (Å²) in [5, 5.41) is 7.24. The Morgan fingerprint density at radius 2 is 1.96 bits per heavy atom. The molecule has 0 bridgehead atoms. The number of hydrogen-bond donors (Lipinski definition) is 1. The van der Waals surface area contributed by atoms with Crippen LogP contribution in [-0.2, 0) is 17.9 Å². The highest BCUT2D eigenvalue weighted by Crippen LogP contribution is 2.19. The van der Waals surface area contributed by atoms with E-state index in [1.807, 2.05) is 54.9 Å². The molecule has 1 atom stereocenters. The lowest BCUT2D eigenvalue weighted by atomic mass is 10.2. The molecule has 1 aliphatic rings. The average molecular weight is 378 g/mol. The molecule has 2 amide bonds. The molecule has 1 N–H and O–H groups in total. The second kappa shape index (κ2) is 7.30. The zero-order valence-electron chi connectivity index (χ0n) is 15.9. The van der Waals surface area contributed by atoms with Crippen LogP contribution >= 0.6 is 0 Å². The van der Waals surface area contributed by atoms with Gasteiger partial charge in [0.1, 0.15) is 11.9 Å². The summed E-state index contributed by atoms with van der Waals surface area (Å²) in [6.07, 6.45) is 3.51. The maximum atomic E-state index is 12.9. The number of hydrogen-bond acceptors (Lipinski definition) is 4. The minimum Gasteiger partial charge on any atom is -0.333 e. The Hall–Kier alpha value is -3.42. The van der Waals surface area contributed by atoms with Gasteiger partial charge in [-0.15, -0.1) is 0 Å². The second-order valence-corrected chi connectivity index (χ2v) is 6.88. The number of nitrogens with zero attached hydrogens (tertiary/aromatic N) is 5. The number of aromatic nitrogens is 4. The Morgan fingerprint density at radius 3 is 2.68 bits per heavy atom. The smallest absolute Gasteiger partial charge is 0.276 e. The summed E-state index contributed by atoms with van der Waals surface area (Å²) in [5.41, 5.74) is 1.93. The quantitative estimate of drug-likeness (QED) is 0.755. The van der Waals surface area contributed by atoms with Gasteiger partial charge in [-0.1, -0.05) is 18.2 Å². The molecule has 0 fully saturated rings. The topological polar surface area (TPSA) is 85.1 Å². The molecule has 28 heavy (non-hydrogen) atoms. The van der Waals surface area contributed by atoms with Crippen LogP contribution in [0.2, 0.25) is 0 Å². The first kappa shape index (κ1) is 18.0. The molecule has 0 saturated heterocycles. The van der Waals surface area contributed by atoms with Gasteiger partial charge < -0.3 is 14.8 Å². The first-order valence-corrected chi connectivity index (χ1v) is 9.24. The fraction of sp³-hybridized carbons (Fsp3) is 0.300. The fourth-order valence-corrected chi connectivity index (χ4v) is 3.46. The number of imidazole rings is 1. The Kier molecular flexibility index (Phi) is 4.68. The van der Waals surface area contributed by atoms with E-state index in [2.05, 4.69) is 15.4 Å². The summed E-state index contributed by atoms with van der Waals surface area (Å²) >= 11 is 0. The summed E-state index contributed by atoms with van der Waals surface area (Å²) in [4.78, 5) is 31.4. The number of aryl methyl sites for hydroxylation is 1. The average Bonchev–Trinajstić information content (AvgIpc) is 3.33. The van der Waals surface area contributed by atoms with Crippen molar-refractivity contribution in [1.82, 2.24) is 24.2 Å². The summed E-state index contributed by atoms with van der Waals surface area (Å²) < 4.78 is 3.67. The number of carbonyl (C=O) groups excluding carboxylic acids is 2. The Morgan fingerprint density at radius 1 is 1.18 bits per heavy atom. The van der Waals surface area contributed by atoms with Crippen LogP contribution in [0, 0.1) is 6.92 Å². The Bertz CT molecular complexity index is 1010. The number of nitrogens with one attached hydrogen (secondary N) is 1. The van der Waals surface area contributed by atoms with Gasteiger partial charge in [0, 0.05) is 24.6 Å². The van der Waals surface area contributed by atoms with E-state index < -0.39 is 0 Å². The van der Waals surface area contributed by atoms with Crippen LogP contribution < -0.4 is 5.32 Å². The molecule has 0 unspecified atom stereocenters. The van der Waals surface area contributed by atoms with E-state index in [1.54, 1.807) is 21.8 Å². The number of rotatable bonds is 4. The van der Waals surface area contributed by atoms with Crippen LogP contribution in [0.5, 0.6) is 0 Å². The Labute approximate surface area is 162 Å². The number of carbonyl (C=O) groups is 2. The van der Waals surface area contributed by atoms with Crippen molar-refractivity contribution in [3.05, 3.63) is 66.0 Å². The normalized spacial score (nSPS) is 14.4. The first-order valence-electron chi connectivity index (χ1n) is 9.24. The second-order valence-electron chi connectivity index (χ2n) is 6.88. The molecule has 144 valence electrons. The van der Waals surface area contributed by atoms with Crippen LogP contribution in [0.1, 0.15) is 35.0 Å². The summed E-state index contributed by atoms with van der Waals surface area (Å²) in [6.45, 7) is 5.32. The van der Waals surface area contributed by atoms with Gasteiger partial charge in [0.15, 0.2) is 5.69 Å². The Balaban J connectivity index is 1.46. The van der Waals surface area contributed by atoms with Gasteiger partial charge in [0.05, 0.1) is 18.8 Å². The molecule has 3 heterocycles. The molecule has 0 radical (unpaired) electrons. The number of para-hydroxylation sites is 1. The highest BCUT2D eigenvalue weighted by Gasteiger charge is 2.28. The third-order valence-corrected chi connectivity index (χ3v) is 5.01. The van der Waals surface area contributed by atoms with E-state index >= 15 is 0 Å². The third-order valence-electron chi connectivity index (χ3n) is 5.01. The van der Waals surface area contributed by atoms with Gasteiger partial charge in [0.25, 0.3) is 5.91 Å². The highest BCUT2D eigenvalue weighted by atomic mass is 16.2. The van der Waals surface area contributed by atoms with Crippen LogP contribution in [-0.4, -0.2) is 42.6 Å². The van der Waals surface area contributed by atoms with Crippen molar-refractivity contribution >= 4 is 17.5 Å². The summed E-state index contributed by atoms with van der Waals surface area (Å²) in [6, 6.07) is 10.7. The van der Waals surface area contributed by atoms with Gasteiger partial charge >= 0.3 is 0 Å². The molecule has 4 rings (SSSR count). The maximum Gasteiger partial charge on any atom is 0.276 e. The third kappa shape index (κ3) is 3.40. The standard InChI is InChI=1S/C20H22N6O2/c1-14(25-9-8-21-15(25)2)20(28)24-10-11-26-17(13-24)12-18(23-26)19(27)22-16-6-4-3-5-7-16/h3-9,12,14H,10-11,13H2,1-2H3,(H,22,27)/t14-/m0/s1. The van der Waals surface area contributed by atoms with Crippen molar-refractivity contribution in [2.24, 2.45) is 0 Å². The lowest BCUT2D eigenvalue weighted by Crippen LogP contribution is -2.41.